The summed E-state index contributed by atoms with van der Waals surface area (Å²) in [5, 5.41) is 2.59. The number of benzene rings is 1. The first kappa shape index (κ1) is 16.8. The van der Waals surface area contributed by atoms with Gasteiger partial charge in [0.1, 0.15) is 17.2 Å². The average molecular weight is 351 g/mol. The molecule has 0 radical (unpaired) electrons. The fourth-order valence-electron chi connectivity index (χ4n) is 3.45. The van der Waals surface area contributed by atoms with Gasteiger partial charge in [-0.1, -0.05) is 11.6 Å². The van der Waals surface area contributed by atoms with Crippen LogP contribution in [0.5, 0.6) is 0 Å². The maximum absolute atomic E-state index is 13.2. The van der Waals surface area contributed by atoms with Crippen LogP contribution in [0.2, 0.25) is 5.02 Å². The van der Waals surface area contributed by atoms with Crippen molar-refractivity contribution in [3.8, 4) is 0 Å². The first-order valence-electron chi connectivity index (χ1n) is 7.89. The molecule has 24 heavy (non-hydrogen) atoms. The summed E-state index contributed by atoms with van der Waals surface area (Å²) >= 11 is 5.74. The van der Waals surface area contributed by atoms with Gasteiger partial charge in [-0.05, 0) is 55.2 Å². The molecule has 1 amide bonds. The summed E-state index contributed by atoms with van der Waals surface area (Å²) in [6.07, 6.45) is 3.25. The molecule has 0 heterocycles. The molecule has 1 aromatic carbocycles. The smallest absolute Gasteiger partial charge is 0.261 e. The molecule has 3 rings (SSSR count). The molecule has 0 spiro atoms. The van der Waals surface area contributed by atoms with Gasteiger partial charge in [-0.2, -0.15) is 0 Å². The van der Waals surface area contributed by atoms with Gasteiger partial charge in [-0.15, -0.1) is 0 Å². The molecule has 5 N–H and O–H groups in total. The Balaban J connectivity index is 1.85. The van der Waals surface area contributed by atoms with Gasteiger partial charge >= 0.3 is 0 Å². The van der Waals surface area contributed by atoms with E-state index in [-0.39, 0.29) is 22.3 Å². The predicted octanol–water partition coefficient (Wildman–Crippen LogP) is 2.66. The van der Waals surface area contributed by atoms with Crippen molar-refractivity contribution >= 4 is 29.0 Å². The van der Waals surface area contributed by atoms with Crippen molar-refractivity contribution in [1.29, 1.82) is 0 Å². The van der Waals surface area contributed by atoms with Crippen LogP contribution in [0.1, 0.15) is 19.3 Å². The quantitative estimate of drug-likeness (QED) is 0.442. The molecule has 2 fully saturated rings. The highest BCUT2D eigenvalue weighted by molar-refractivity contribution is 6.31. The maximum atomic E-state index is 13.2. The lowest BCUT2D eigenvalue weighted by atomic mass is 9.95. The van der Waals surface area contributed by atoms with E-state index >= 15 is 0 Å². The number of rotatable bonds is 4. The second-order valence-corrected chi connectivity index (χ2v) is 6.85. The number of allylic oxidation sites excluding steroid dienone is 1. The van der Waals surface area contributed by atoms with Gasteiger partial charge in [0.2, 0.25) is 0 Å². The van der Waals surface area contributed by atoms with Gasteiger partial charge in [-0.25, -0.2) is 4.39 Å². The Morgan fingerprint density at radius 3 is 2.54 bits per heavy atom. The molecule has 2 aliphatic rings. The molecule has 2 unspecified atom stereocenters. The van der Waals surface area contributed by atoms with Crippen LogP contribution in [0, 0.1) is 23.6 Å². The summed E-state index contributed by atoms with van der Waals surface area (Å²) in [5.74, 6) is 0.705. The molecule has 1 aromatic rings. The van der Waals surface area contributed by atoms with Crippen LogP contribution in [-0.2, 0) is 4.79 Å². The number of nitrogens with zero attached hydrogens (tertiary/aromatic N) is 1. The summed E-state index contributed by atoms with van der Waals surface area (Å²) in [6, 6.07) is 3.95. The summed E-state index contributed by atoms with van der Waals surface area (Å²) in [4.78, 5) is 16.6. The van der Waals surface area contributed by atoms with Gasteiger partial charge in [0.25, 0.3) is 5.91 Å². The Labute approximate surface area is 144 Å². The predicted molar refractivity (Wildman–Crippen MR) is 93.1 cm³/mol. The summed E-state index contributed by atoms with van der Waals surface area (Å²) in [6.45, 7) is 0. The normalized spacial score (nSPS) is 26.6. The molecule has 7 heteroatoms. The average Bonchev–Trinajstić information content (AvgIpc) is 3.16. The number of carbonyl (C=O) groups is 1. The van der Waals surface area contributed by atoms with E-state index < -0.39 is 11.7 Å². The molecule has 5 nitrogen and oxygen atoms in total. The number of carbonyl (C=O) groups excluding carboxylic acids is 1. The molecule has 0 aromatic heterocycles. The highest BCUT2D eigenvalue weighted by Gasteiger charge is 2.47. The van der Waals surface area contributed by atoms with E-state index in [1.807, 2.05) is 0 Å². The minimum Gasteiger partial charge on any atom is -0.401 e. The Kier molecular flexibility index (Phi) is 4.49. The Hall–Kier alpha value is -2.08. The van der Waals surface area contributed by atoms with Gasteiger partial charge in [0.05, 0.1) is 5.02 Å². The number of aliphatic imine (C=N–C) groups is 1. The maximum Gasteiger partial charge on any atom is 0.261 e. The summed E-state index contributed by atoms with van der Waals surface area (Å²) < 4.78 is 13.2. The number of hydrogen-bond acceptors (Lipinski definition) is 3. The van der Waals surface area contributed by atoms with E-state index in [4.69, 9.17) is 23.1 Å². The second kappa shape index (κ2) is 6.43. The third-order valence-corrected chi connectivity index (χ3v) is 5.16. The minimum absolute atomic E-state index is 0.0701. The van der Waals surface area contributed by atoms with Gasteiger partial charge < -0.3 is 16.8 Å². The zero-order valence-corrected chi connectivity index (χ0v) is 14.1. The number of amidine groups is 1. The van der Waals surface area contributed by atoms with Gasteiger partial charge in [0, 0.05) is 18.4 Å². The standard InChI is InChI=1S/C17H20ClFN4O/c1-22-16(21)14(15(20)10-5-8-4-9(8)6-10)17(24)23-11-2-3-13(19)12(18)7-11/h2-3,7-10H,4-6,20H2,1H3,(H2,21,22)(H,23,24). The van der Waals surface area contributed by atoms with Crippen molar-refractivity contribution < 1.29 is 9.18 Å². The van der Waals surface area contributed by atoms with Crippen LogP contribution < -0.4 is 16.8 Å². The van der Waals surface area contributed by atoms with Crippen LogP contribution in [-0.4, -0.2) is 18.8 Å². The summed E-state index contributed by atoms with van der Waals surface area (Å²) in [5.41, 5.74) is 13.2. The highest BCUT2D eigenvalue weighted by Crippen LogP contribution is 2.55. The monoisotopic (exact) mass is 350 g/mol. The molecule has 2 atom stereocenters. The molecular weight excluding hydrogens is 331 g/mol. The largest absolute Gasteiger partial charge is 0.401 e. The van der Waals surface area contributed by atoms with Crippen molar-refractivity contribution in [3.63, 3.8) is 0 Å². The van der Waals surface area contributed by atoms with E-state index in [0.717, 1.165) is 24.7 Å². The van der Waals surface area contributed by atoms with E-state index in [2.05, 4.69) is 10.3 Å². The summed E-state index contributed by atoms with van der Waals surface area (Å²) in [7, 11) is 1.51. The third-order valence-electron chi connectivity index (χ3n) is 4.87. The number of nitrogens with two attached hydrogens (primary N) is 2. The Morgan fingerprint density at radius 2 is 1.96 bits per heavy atom. The number of nitrogens with one attached hydrogen (secondary N) is 1. The fourth-order valence-corrected chi connectivity index (χ4v) is 3.63. The molecule has 2 saturated carbocycles. The van der Waals surface area contributed by atoms with Crippen LogP contribution in [0.25, 0.3) is 0 Å². The fraction of sp³-hybridized carbons (Fsp3) is 0.412. The second-order valence-electron chi connectivity index (χ2n) is 6.45. The zero-order chi connectivity index (χ0) is 17.4. The van der Waals surface area contributed by atoms with Crippen LogP contribution >= 0.6 is 11.6 Å². The number of halogens is 2. The molecule has 0 saturated heterocycles. The Bertz CT molecular complexity index is 736. The van der Waals surface area contributed by atoms with Crippen molar-refractivity contribution in [2.24, 2.45) is 34.2 Å². The van der Waals surface area contributed by atoms with Crippen molar-refractivity contribution in [3.05, 3.63) is 40.3 Å². The van der Waals surface area contributed by atoms with Crippen molar-refractivity contribution in [2.45, 2.75) is 19.3 Å². The van der Waals surface area contributed by atoms with E-state index in [1.165, 1.54) is 31.7 Å². The molecule has 2 aliphatic carbocycles. The van der Waals surface area contributed by atoms with Crippen LogP contribution in [0.15, 0.2) is 34.5 Å². The van der Waals surface area contributed by atoms with Gasteiger partial charge in [-0.3, -0.25) is 9.79 Å². The number of anilines is 1. The Morgan fingerprint density at radius 1 is 1.29 bits per heavy atom. The SMILES string of the molecule is CN=C(N)C(C(=O)Nc1ccc(F)c(Cl)c1)=C(N)C1CC2CC2C1. The van der Waals surface area contributed by atoms with E-state index in [9.17, 15) is 9.18 Å². The molecule has 0 aliphatic heterocycles. The number of amides is 1. The zero-order valence-electron chi connectivity index (χ0n) is 13.4. The number of hydrogen-bond donors (Lipinski definition) is 3. The minimum atomic E-state index is -0.551. The lowest BCUT2D eigenvalue weighted by Crippen LogP contribution is -2.31. The van der Waals surface area contributed by atoms with Gasteiger partial charge in [0.15, 0.2) is 0 Å². The van der Waals surface area contributed by atoms with E-state index in [0.29, 0.717) is 11.4 Å². The first-order chi connectivity index (χ1) is 11.4. The molecular formula is C17H20ClFN4O. The lowest BCUT2D eigenvalue weighted by molar-refractivity contribution is -0.112. The van der Waals surface area contributed by atoms with Crippen LogP contribution in [0.3, 0.4) is 0 Å². The van der Waals surface area contributed by atoms with Crippen LogP contribution in [0.4, 0.5) is 10.1 Å². The number of fused-ring (bicyclic) bond motifs is 1. The topological polar surface area (TPSA) is 93.5 Å². The molecule has 0 bridgehead atoms. The van der Waals surface area contributed by atoms with E-state index in [1.54, 1.807) is 0 Å². The third kappa shape index (κ3) is 3.24. The van der Waals surface area contributed by atoms with Crippen molar-refractivity contribution in [1.82, 2.24) is 0 Å². The van der Waals surface area contributed by atoms with Crippen molar-refractivity contribution in [2.75, 3.05) is 12.4 Å². The molecule has 128 valence electrons. The first-order valence-corrected chi connectivity index (χ1v) is 8.27. The highest BCUT2D eigenvalue weighted by atomic mass is 35.5. The lowest BCUT2D eigenvalue weighted by Gasteiger charge is -2.18.